The summed E-state index contributed by atoms with van der Waals surface area (Å²) < 4.78 is 3.96. The number of aromatic nitrogens is 4. The highest BCUT2D eigenvalue weighted by Crippen LogP contribution is 2.15. The summed E-state index contributed by atoms with van der Waals surface area (Å²) in [7, 11) is 0. The summed E-state index contributed by atoms with van der Waals surface area (Å²) in [4.78, 5) is 16.9. The van der Waals surface area contributed by atoms with Gasteiger partial charge >= 0.3 is 0 Å². The van der Waals surface area contributed by atoms with Crippen LogP contribution in [0.1, 0.15) is 22.6 Å². The highest BCUT2D eigenvalue weighted by atomic mass is 16.1. The fraction of sp³-hybridized carbons (Fsp3) is 0.190. The Bertz CT molecular complexity index is 1050. The molecule has 0 aliphatic rings. The first-order valence-electron chi connectivity index (χ1n) is 9.02. The van der Waals surface area contributed by atoms with Crippen molar-refractivity contribution < 1.29 is 4.79 Å². The van der Waals surface area contributed by atoms with Crippen molar-refractivity contribution in [2.75, 3.05) is 6.54 Å². The molecule has 27 heavy (non-hydrogen) atoms. The van der Waals surface area contributed by atoms with Crippen LogP contribution < -0.4 is 5.32 Å². The fourth-order valence-electron chi connectivity index (χ4n) is 3.21. The van der Waals surface area contributed by atoms with Crippen molar-refractivity contribution in [2.45, 2.75) is 19.9 Å². The van der Waals surface area contributed by atoms with E-state index in [4.69, 9.17) is 0 Å². The van der Waals surface area contributed by atoms with Gasteiger partial charge in [0, 0.05) is 31.0 Å². The Morgan fingerprint density at radius 3 is 2.67 bits per heavy atom. The lowest BCUT2D eigenvalue weighted by Crippen LogP contribution is -2.25. The van der Waals surface area contributed by atoms with Gasteiger partial charge < -0.3 is 9.88 Å². The average molecular weight is 359 g/mol. The third kappa shape index (κ3) is 3.60. The molecule has 0 saturated carbocycles. The van der Waals surface area contributed by atoms with Crippen molar-refractivity contribution in [3.8, 4) is 5.69 Å². The van der Waals surface area contributed by atoms with Gasteiger partial charge in [0.1, 0.15) is 5.82 Å². The zero-order valence-corrected chi connectivity index (χ0v) is 15.2. The number of carbonyl (C=O) groups is 1. The number of amides is 1. The highest BCUT2D eigenvalue weighted by Gasteiger charge is 2.08. The van der Waals surface area contributed by atoms with Crippen molar-refractivity contribution in [3.05, 3.63) is 78.4 Å². The van der Waals surface area contributed by atoms with E-state index in [0.29, 0.717) is 12.1 Å². The molecule has 2 heterocycles. The van der Waals surface area contributed by atoms with Gasteiger partial charge in [-0.25, -0.2) is 9.67 Å². The molecule has 0 radical (unpaired) electrons. The van der Waals surface area contributed by atoms with E-state index < -0.39 is 0 Å². The lowest BCUT2D eigenvalue weighted by atomic mass is 10.2. The van der Waals surface area contributed by atoms with Crippen LogP contribution in [0.3, 0.4) is 0 Å². The Morgan fingerprint density at radius 2 is 1.89 bits per heavy atom. The lowest BCUT2D eigenvalue weighted by Gasteiger charge is -2.09. The van der Waals surface area contributed by atoms with E-state index in [0.717, 1.165) is 35.5 Å². The van der Waals surface area contributed by atoms with E-state index in [9.17, 15) is 4.79 Å². The second kappa shape index (κ2) is 7.45. The molecule has 0 unspecified atom stereocenters. The molecule has 0 fully saturated rings. The van der Waals surface area contributed by atoms with E-state index in [2.05, 4.69) is 26.0 Å². The predicted octanol–water partition coefficient (Wildman–Crippen LogP) is 3.35. The van der Waals surface area contributed by atoms with Crippen LogP contribution in [0.25, 0.3) is 16.7 Å². The van der Waals surface area contributed by atoms with Gasteiger partial charge in [0.25, 0.3) is 5.91 Å². The standard InChI is InChI=1S/C21H21N5O/c1-16-24-19-6-2-3-7-20(19)25(16)14-4-12-22-21(27)17-8-10-18(11-9-17)26-15-5-13-23-26/h2-3,5-11,13,15H,4,12,14H2,1H3,(H,22,27). The minimum absolute atomic E-state index is 0.0609. The van der Waals surface area contributed by atoms with Gasteiger partial charge in [-0.3, -0.25) is 4.79 Å². The molecule has 4 rings (SSSR count). The van der Waals surface area contributed by atoms with Crippen LogP contribution in [0.5, 0.6) is 0 Å². The summed E-state index contributed by atoms with van der Waals surface area (Å²) in [5, 5.41) is 7.17. The third-order valence-corrected chi connectivity index (χ3v) is 4.59. The number of imidazole rings is 1. The number of nitrogens with one attached hydrogen (secondary N) is 1. The molecule has 1 N–H and O–H groups in total. The molecular weight excluding hydrogens is 338 g/mol. The fourth-order valence-corrected chi connectivity index (χ4v) is 3.21. The molecule has 0 aliphatic carbocycles. The molecule has 0 spiro atoms. The lowest BCUT2D eigenvalue weighted by molar-refractivity contribution is 0.0953. The normalized spacial score (nSPS) is 11.0. The molecule has 0 bridgehead atoms. The minimum Gasteiger partial charge on any atom is -0.352 e. The number of benzene rings is 2. The average Bonchev–Trinajstić information content (AvgIpc) is 3.33. The molecule has 6 heteroatoms. The van der Waals surface area contributed by atoms with Crippen molar-refractivity contribution in [2.24, 2.45) is 0 Å². The van der Waals surface area contributed by atoms with Crippen LogP contribution in [0.4, 0.5) is 0 Å². The molecular formula is C21H21N5O. The van der Waals surface area contributed by atoms with E-state index in [1.165, 1.54) is 0 Å². The Hall–Kier alpha value is -3.41. The maximum absolute atomic E-state index is 12.3. The molecule has 1 amide bonds. The summed E-state index contributed by atoms with van der Waals surface area (Å²) in [6.07, 6.45) is 4.45. The molecule has 2 aromatic carbocycles. The van der Waals surface area contributed by atoms with E-state index in [-0.39, 0.29) is 5.91 Å². The summed E-state index contributed by atoms with van der Waals surface area (Å²) in [6.45, 7) is 3.45. The van der Waals surface area contributed by atoms with Gasteiger partial charge in [-0.05, 0) is 55.8 Å². The Morgan fingerprint density at radius 1 is 1.07 bits per heavy atom. The first-order valence-corrected chi connectivity index (χ1v) is 9.02. The predicted molar refractivity (Wildman–Crippen MR) is 105 cm³/mol. The number of fused-ring (bicyclic) bond motifs is 1. The Balaban J connectivity index is 1.32. The molecule has 0 aliphatic heterocycles. The van der Waals surface area contributed by atoms with Crippen LogP contribution in [0, 0.1) is 6.92 Å². The summed E-state index contributed by atoms with van der Waals surface area (Å²) in [6, 6.07) is 17.4. The summed E-state index contributed by atoms with van der Waals surface area (Å²) in [5.41, 5.74) is 3.72. The molecule has 6 nitrogen and oxygen atoms in total. The zero-order valence-electron chi connectivity index (χ0n) is 15.2. The molecule has 136 valence electrons. The van der Waals surface area contributed by atoms with Crippen LogP contribution in [0.15, 0.2) is 67.0 Å². The molecule has 4 aromatic rings. The quantitative estimate of drug-likeness (QED) is 0.537. The van der Waals surface area contributed by atoms with Crippen molar-refractivity contribution in [1.29, 1.82) is 0 Å². The van der Waals surface area contributed by atoms with Gasteiger partial charge in [-0.2, -0.15) is 5.10 Å². The van der Waals surface area contributed by atoms with Crippen LogP contribution >= 0.6 is 0 Å². The Kier molecular flexibility index (Phi) is 4.70. The topological polar surface area (TPSA) is 64.7 Å². The number of carbonyl (C=O) groups excluding carboxylic acids is 1. The van der Waals surface area contributed by atoms with Crippen molar-refractivity contribution in [1.82, 2.24) is 24.6 Å². The first-order chi connectivity index (χ1) is 13.2. The number of para-hydroxylation sites is 2. The Labute approximate surface area is 157 Å². The number of hydrogen-bond acceptors (Lipinski definition) is 3. The second-order valence-corrected chi connectivity index (χ2v) is 6.41. The summed E-state index contributed by atoms with van der Waals surface area (Å²) in [5.74, 6) is 0.936. The van der Waals surface area contributed by atoms with Gasteiger partial charge in [0.05, 0.1) is 16.7 Å². The number of nitrogens with zero attached hydrogens (tertiary/aromatic N) is 4. The van der Waals surface area contributed by atoms with Crippen molar-refractivity contribution in [3.63, 3.8) is 0 Å². The van der Waals surface area contributed by atoms with Crippen molar-refractivity contribution >= 4 is 16.9 Å². The van der Waals surface area contributed by atoms with Gasteiger partial charge in [-0.15, -0.1) is 0 Å². The van der Waals surface area contributed by atoms with E-state index in [1.54, 1.807) is 10.9 Å². The summed E-state index contributed by atoms with van der Waals surface area (Å²) >= 11 is 0. The monoisotopic (exact) mass is 359 g/mol. The second-order valence-electron chi connectivity index (χ2n) is 6.41. The maximum Gasteiger partial charge on any atom is 0.251 e. The van der Waals surface area contributed by atoms with E-state index >= 15 is 0 Å². The highest BCUT2D eigenvalue weighted by molar-refractivity contribution is 5.94. The smallest absolute Gasteiger partial charge is 0.251 e. The molecule has 2 aromatic heterocycles. The first kappa shape index (κ1) is 17.0. The van der Waals surface area contributed by atoms with Crippen LogP contribution in [-0.4, -0.2) is 31.8 Å². The number of rotatable bonds is 6. The minimum atomic E-state index is -0.0609. The van der Waals surface area contributed by atoms with Gasteiger partial charge in [0.15, 0.2) is 0 Å². The van der Waals surface area contributed by atoms with Crippen LogP contribution in [0.2, 0.25) is 0 Å². The SMILES string of the molecule is Cc1nc2ccccc2n1CCCNC(=O)c1ccc(-n2cccn2)cc1. The largest absolute Gasteiger partial charge is 0.352 e. The number of hydrogen-bond donors (Lipinski definition) is 1. The molecule has 0 atom stereocenters. The third-order valence-electron chi connectivity index (χ3n) is 4.59. The van der Waals surface area contributed by atoms with Gasteiger partial charge in [-0.1, -0.05) is 12.1 Å². The van der Waals surface area contributed by atoms with Gasteiger partial charge in [0.2, 0.25) is 0 Å². The zero-order chi connectivity index (χ0) is 18.6. The van der Waals surface area contributed by atoms with E-state index in [1.807, 2.05) is 61.7 Å². The number of aryl methyl sites for hydroxylation is 2. The maximum atomic E-state index is 12.3. The van der Waals surface area contributed by atoms with Crippen LogP contribution in [-0.2, 0) is 6.54 Å². The molecule has 0 saturated heterocycles.